The van der Waals surface area contributed by atoms with Gasteiger partial charge >= 0.3 is 0 Å². The van der Waals surface area contributed by atoms with E-state index in [0.29, 0.717) is 29.3 Å². The first-order chi connectivity index (χ1) is 14.1. The molecule has 0 radical (unpaired) electrons. The van der Waals surface area contributed by atoms with E-state index in [-0.39, 0.29) is 11.4 Å². The third-order valence-electron chi connectivity index (χ3n) is 3.90. The number of nitriles is 1. The van der Waals surface area contributed by atoms with E-state index in [4.69, 9.17) is 4.74 Å². The molecule has 144 valence electrons. The average molecular weight is 387 g/mol. The monoisotopic (exact) mass is 387 g/mol. The highest BCUT2D eigenvalue weighted by molar-refractivity contribution is 6.06. The summed E-state index contributed by atoms with van der Waals surface area (Å²) in [6.45, 7) is 0.293. The van der Waals surface area contributed by atoms with Crippen LogP contribution in [0.3, 0.4) is 0 Å². The van der Waals surface area contributed by atoms with Gasteiger partial charge in [-0.1, -0.05) is 30.3 Å². The molecule has 0 atom stereocenters. The Kier molecular flexibility index (Phi) is 6.58. The minimum Gasteiger partial charge on any atom is -0.457 e. The molecule has 0 saturated carbocycles. The number of amides is 1. The SMILES string of the molecule is N#C/C(=C/NCc1cccc(F)c1)C(=O)Nc1ccc(Oc2ccccc2)cc1. The Labute approximate surface area is 168 Å². The van der Waals surface area contributed by atoms with Crippen molar-refractivity contribution < 1.29 is 13.9 Å². The number of carbonyl (C=O) groups excluding carboxylic acids is 1. The fourth-order valence-corrected chi connectivity index (χ4v) is 2.50. The van der Waals surface area contributed by atoms with Crippen molar-refractivity contribution in [1.29, 1.82) is 5.26 Å². The lowest BCUT2D eigenvalue weighted by atomic mass is 10.2. The largest absolute Gasteiger partial charge is 0.457 e. The van der Waals surface area contributed by atoms with Gasteiger partial charge in [0.1, 0.15) is 29.0 Å². The second-order valence-corrected chi connectivity index (χ2v) is 6.07. The summed E-state index contributed by atoms with van der Waals surface area (Å²) >= 11 is 0. The fraction of sp³-hybridized carbons (Fsp3) is 0.0435. The van der Waals surface area contributed by atoms with Crippen LogP contribution in [0.5, 0.6) is 11.5 Å². The van der Waals surface area contributed by atoms with Crippen LogP contribution in [0.2, 0.25) is 0 Å². The van der Waals surface area contributed by atoms with Crippen molar-refractivity contribution in [3.05, 3.63) is 102 Å². The van der Waals surface area contributed by atoms with Crippen molar-refractivity contribution in [2.45, 2.75) is 6.54 Å². The predicted molar refractivity (Wildman–Crippen MR) is 109 cm³/mol. The average Bonchev–Trinajstić information content (AvgIpc) is 2.73. The molecule has 0 aliphatic carbocycles. The van der Waals surface area contributed by atoms with Crippen LogP contribution in [-0.4, -0.2) is 5.91 Å². The Bertz CT molecular complexity index is 1040. The summed E-state index contributed by atoms with van der Waals surface area (Å²) in [5.74, 6) is 0.451. The number of benzene rings is 3. The minimum atomic E-state index is -0.545. The van der Waals surface area contributed by atoms with E-state index in [9.17, 15) is 14.4 Å². The van der Waals surface area contributed by atoms with Gasteiger partial charge in [0.15, 0.2) is 0 Å². The molecule has 0 bridgehead atoms. The van der Waals surface area contributed by atoms with Gasteiger partial charge < -0.3 is 15.4 Å². The first-order valence-electron chi connectivity index (χ1n) is 8.86. The highest BCUT2D eigenvalue weighted by atomic mass is 19.1. The molecular formula is C23H18FN3O2. The van der Waals surface area contributed by atoms with Gasteiger partial charge in [-0.25, -0.2) is 4.39 Å². The smallest absolute Gasteiger partial charge is 0.267 e. The first kappa shape index (κ1) is 19.6. The number of carbonyl (C=O) groups is 1. The zero-order valence-corrected chi connectivity index (χ0v) is 15.4. The molecule has 2 N–H and O–H groups in total. The maximum absolute atomic E-state index is 13.2. The molecule has 29 heavy (non-hydrogen) atoms. The van der Waals surface area contributed by atoms with Crippen molar-refractivity contribution >= 4 is 11.6 Å². The molecular weight excluding hydrogens is 369 g/mol. The molecule has 0 fully saturated rings. The zero-order chi connectivity index (χ0) is 20.5. The highest BCUT2D eigenvalue weighted by Crippen LogP contribution is 2.22. The lowest BCUT2D eigenvalue weighted by Crippen LogP contribution is -2.16. The summed E-state index contributed by atoms with van der Waals surface area (Å²) in [6.07, 6.45) is 1.31. The van der Waals surface area contributed by atoms with Gasteiger partial charge in [0.05, 0.1) is 0 Å². The second kappa shape index (κ2) is 9.72. The van der Waals surface area contributed by atoms with Gasteiger partial charge in [-0.3, -0.25) is 4.79 Å². The topological polar surface area (TPSA) is 74.2 Å². The van der Waals surface area contributed by atoms with Crippen molar-refractivity contribution in [3.8, 4) is 17.6 Å². The summed E-state index contributed by atoms with van der Waals surface area (Å²) < 4.78 is 18.9. The summed E-state index contributed by atoms with van der Waals surface area (Å²) in [4.78, 5) is 12.3. The Morgan fingerprint density at radius 3 is 2.41 bits per heavy atom. The lowest BCUT2D eigenvalue weighted by molar-refractivity contribution is -0.112. The van der Waals surface area contributed by atoms with Gasteiger partial charge in [0.2, 0.25) is 0 Å². The summed E-state index contributed by atoms with van der Waals surface area (Å²) in [5.41, 5.74) is 1.14. The fourth-order valence-electron chi connectivity index (χ4n) is 2.50. The van der Waals surface area contributed by atoms with E-state index in [2.05, 4.69) is 10.6 Å². The predicted octanol–water partition coefficient (Wildman–Crippen LogP) is 4.75. The standard InChI is InChI=1S/C23H18FN3O2/c24-19-6-4-5-17(13-19)15-26-16-18(14-25)23(28)27-20-9-11-22(12-10-20)29-21-7-2-1-3-8-21/h1-13,16,26H,15H2,(H,27,28)/b18-16-. The number of rotatable bonds is 7. The van der Waals surface area contributed by atoms with Crippen molar-refractivity contribution in [1.82, 2.24) is 5.32 Å². The van der Waals surface area contributed by atoms with Crippen LogP contribution in [0.4, 0.5) is 10.1 Å². The van der Waals surface area contributed by atoms with Crippen molar-refractivity contribution in [2.24, 2.45) is 0 Å². The quantitative estimate of drug-likeness (QED) is 0.453. The van der Waals surface area contributed by atoms with Crippen LogP contribution >= 0.6 is 0 Å². The number of anilines is 1. The molecule has 6 heteroatoms. The van der Waals surface area contributed by atoms with Crippen LogP contribution in [0.15, 0.2) is 90.6 Å². The van der Waals surface area contributed by atoms with Crippen LogP contribution < -0.4 is 15.4 Å². The molecule has 3 aromatic rings. The van der Waals surface area contributed by atoms with Gasteiger partial charge in [0, 0.05) is 18.4 Å². The van der Waals surface area contributed by atoms with E-state index in [1.807, 2.05) is 36.4 Å². The maximum Gasteiger partial charge on any atom is 0.267 e. The van der Waals surface area contributed by atoms with Crippen LogP contribution in [0.1, 0.15) is 5.56 Å². The summed E-state index contributed by atoms with van der Waals surface area (Å²) in [5, 5.41) is 14.7. The van der Waals surface area contributed by atoms with E-state index in [1.54, 1.807) is 36.4 Å². The van der Waals surface area contributed by atoms with Gasteiger partial charge in [-0.05, 0) is 54.1 Å². The molecule has 5 nitrogen and oxygen atoms in total. The van der Waals surface area contributed by atoms with E-state index < -0.39 is 5.91 Å². The first-order valence-corrected chi connectivity index (χ1v) is 8.86. The molecule has 0 aromatic heterocycles. The lowest BCUT2D eigenvalue weighted by Gasteiger charge is -2.08. The van der Waals surface area contributed by atoms with E-state index in [1.165, 1.54) is 18.3 Å². The third-order valence-corrected chi connectivity index (χ3v) is 3.90. The number of hydrogen-bond acceptors (Lipinski definition) is 4. The molecule has 0 aliphatic heterocycles. The number of hydrogen-bond donors (Lipinski definition) is 2. The number of nitrogens with zero attached hydrogens (tertiary/aromatic N) is 1. The maximum atomic E-state index is 13.2. The minimum absolute atomic E-state index is 0.0917. The normalized spacial score (nSPS) is 10.7. The van der Waals surface area contributed by atoms with Crippen LogP contribution in [-0.2, 0) is 11.3 Å². The molecule has 0 aliphatic rings. The number of nitrogens with one attached hydrogen (secondary N) is 2. The molecule has 0 spiro atoms. The Morgan fingerprint density at radius 1 is 1.00 bits per heavy atom. The van der Waals surface area contributed by atoms with Crippen molar-refractivity contribution in [3.63, 3.8) is 0 Å². The number of halogens is 1. The van der Waals surface area contributed by atoms with Gasteiger partial charge in [0.25, 0.3) is 5.91 Å². The van der Waals surface area contributed by atoms with Crippen molar-refractivity contribution in [2.75, 3.05) is 5.32 Å². The van der Waals surface area contributed by atoms with Gasteiger partial charge in [-0.2, -0.15) is 5.26 Å². The Morgan fingerprint density at radius 2 is 1.72 bits per heavy atom. The van der Waals surface area contributed by atoms with Crippen LogP contribution in [0.25, 0.3) is 0 Å². The van der Waals surface area contributed by atoms with Crippen LogP contribution in [0, 0.1) is 17.1 Å². The third kappa shape index (κ3) is 5.94. The Balaban J connectivity index is 1.56. The zero-order valence-electron chi connectivity index (χ0n) is 15.4. The molecule has 0 unspecified atom stereocenters. The van der Waals surface area contributed by atoms with E-state index in [0.717, 1.165) is 0 Å². The summed E-state index contributed by atoms with van der Waals surface area (Å²) in [7, 11) is 0. The van der Waals surface area contributed by atoms with E-state index >= 15 is 0 Å². The Hall–Kier alpha value is -4.11. The molecule has 3 rings (SSSR count). The summed E-state index contributed by atoms with van der Waals surface area (Å²) in [6, 6.07) is 24.1. The number of ether oxygens (including phenoxy) is 1. The second-order valence-electron chi connectivity index (χ2n) is 6.07. The van der Waals surface area contributed by atoms with Gasteiger partial charge in [-0.15, -0.1) is 0 Å². The number of para-hydroxylation sites is 1. The highest BCUT2D eigenvalue weighted by Gasteiger charge is 2.09. The molecule has 0 saturated heterocycles. The molecule has 1 amide bonds. The molecule has 0 heterocycles. The molecule has 3 aromatic carbocycles.